The number of halogens is 1. The topological polar surface area (TPSA) is 55.1 Å². The third-order valence-electron chi connectivity index (χ3n) is 3.52. The first-order valence-corrected chi connectivity index (χ1v) is 10.1. The highest BCUT2D eigenvalue weighted by atomic mass is 35.5. The number of nitrogens with zero attached hydrogens (tertiary/aromatic N) is 1. The summed E-state index contributed by atoms with van der Waals surface area (Å²) < 4.78 is 5.34. The van der Waals surface area contributed by atoms with Gasteiger partial charge in [0.15, 0.2) is 10.8 Å². The molecule has 0 fully saturated rings. The number of thiazole rings is 1. The predicted octanol–water partition coefficient (Wildman–Crippen LogP) is 5.17. The van der Waals surface area contributed by atoms with Gasteiger partial charge in [-0.2, -0.15) is 0 Å². The molecule has 3 rings (SSSR count). The van der Waals surface area contributed by atoms with Crippen molar-refractivity contribution in [2.45, 2.75) is 18.7 Å². The quantitative estimate of drug-likeness (QED) is 0.602. The molecule has 2 aromatic heterocycles. The smallest absolute Gasteiger partial charge is 0.230 e. The van der Waals surface area contributed by atoms with Crippen molar-refractivity contribution in [1.29, 1.82) is 0 Å². The molecule has 0 aliphatic carbocycles. The fourth-order valence-corrected chi connectivity index (χ4v) is 4.24. The lowest BCUT2D eigenvalue weighted by molar-refractivity contribution is -0.119. The molecular formula is C18H17ClN2O2S2. The van der Waals surface area contributed by atoms with Crippen LogP contribution in [0.4, 0.5) is 0 Å². The SMILES string of the molecule is CC(NC(=O)CSCc1csc(-c2ccco2)n1)c1ccccc1Cl. The monoisotopic (exact) mass is 392 g/mol. The van der Waals surface area contributed by atoms with Crippen LogP contribution < -0.4 is 5.32 Å². The van der Waals surface area contributed by atoms with Gasteiger partial charge in [-0.25, -0.2) is 4.98 Å². The summed E-state index contributed by atoms with van der Waals surface area (Å²) in [5.41, 5.74) is 1.87. The molecule has 0 saturated heterocycles. The summed E-state index contributed by atoms with van der Waals surface area (Å²) in [6.07, 6.45) is 1.63. The number of carbonyl (C=O) groups is 1. The van der Waals surface area contributed by atoms with Gasteiger partial charge in [0.1, 0.15) is 0 Å². The Labute approximate surface area is 159 Å². The van der Waals surface area contributed by atoms with Crippen LogP contribution in [0.1, 0.15) is 24.2 Å². The average Bonchev–Trinajstić information content (AvgIpc) is 3.26. The molecule has 0 saturated carbocycles. The van der Waals surface area contributed by atoms with Crippen LogP contribution in [0.3, 0.4) is 0 Å². The van der Waals surface area contributed by atoms with Crippen LogP contribution in [0.5, 0.6) is 0 Å². The first kappa shape index (κ1) is 18.0. The van der Waals surface area contributed by atoms with Crippen molar-refractivity contribution in [2.75, 3.05) is 5.75 Å². The maximum atomic E-state index is 12.1. The largest absolute Gasteiger partial charge is 0.462 e. The van der Waals surface area contributed by atoms with Gasteiger partial charge >= 0.3 is 0 Å². The molecule has 3 aromatic rings. The number of thioether (sulfide) groups is 1. The lowest BCUT2D eigenvalue weighted by atomic mass is 10.1. The zero-order valence-corrected chi connectivity index (χ0v) is 16.0. The van der Waals surface area contributed by atoms with Crippen LogP contribution in [0.15, 0.2) is 52.5 Å². The average molecular weight is 393 g/mol. The lowest BCUT2D eigenvalue weighted by Crippen LogP contribution is -2.28. The number of furan rings is 1. The molecule has 1 unspecified atom stereocenters. The Morgan fingerprint density at radius 1 is 1.36 bits per heavy atom. The summed E-state index contributed by atoms with van der Waals surface area (Å²) in [5.74, 6) is 1.82. The molecule has 25 heavy (non-hydrogen) atoms. The Morgan fingerprint density at radius 3 is 2.96 bits per heavy atom. The van der Waals surface area contributed by atoms with Gasteiger partial charge in [0.05, 0.1) is 23.8 Å². The number of nitrogens with one attached hydrogen (secondary N) is 1. The van der Waals surface area contributed by atoms with E-state index >= 15 is 0 Å². The highest BCUT2D eigenvalue weighted by Gasteiger charge is 2.13. The summed E-state index contributed by atoms with van der Waals surface area (Å²) in [5, 5.41) is 6.49. The minimum Gasteiger partial charge on any atom is -0.462 e. The lowest BCUT2D eigenvalue weighted by Gasteiger charge is -2.15. The predicted molar refractivity (Wildman–Crippen MR) is 104 cm³/mol. The molecule has 4 nitrogen and oxygen atoms in total. The van der Waals surface area contributed by atoms with Gasteiger partial charge in [-0.15, -0.1) is 23.1 Å². The van der Waals surface area contributed by atoms with E-state index in [1.807, 2.05) is 48.7 Å². The Kier molecular flexibility index (Phi) is 6.18. The summed E-state index contributed by atoms with van der Waals surface area (Å²) in [6.45, 7) is 1.93. The van der Waals surface area contributed by atoms with Gasteiger partial charge in [-0.3, -0.25) is 4.79 Å². The van der Waals surface area contributed by atoms with E-state index in [9.17, 15) is 4.79 Å². The molecule has 2 heterocycles. The Balaban J connectivity index is 1.46. The number of carbonyl (C=O) groups excluding carboxylic acids is 1. The summed E-state index contributed by atoms with van der Waals surface area (Å²) in [4.78, 5) is 16.6. The Bertz CT molecular complexity index is 833. The van der Waals surface area contributed by atoms with Crippen molar-refractivity contribution in [3.63, 3.8) is 0 Å². The van der Waals surface area contributed by atoms with Gasteiger partial charge in [0, 0.05) is 16.2 Å². The molecule has 0 aliphatic heterocycles. The van der Waals surface area contributed by atoms with Gasteiger partial charge in [0.25, 0.3) is 0 Å². The van der Waals surface area contributed by atoms with Gasteiger partial charge in [-0.05, 0) is 30.7 Å². The second-order valence-electron chi connectivity index (χ2n) is 5.42. The molecule has 130 valence electrons. The minimum atomic E-state index is -0.119. The molecule has 7 heteroatoms. The van der Waals surface area contributed by atoms with Crippen molar-refractivity contribution in [2.24, 2.45) is 0 Å². The molecule has 0 aliphatic rings. The second kappa shape index (κ2) is 8.56. The van der Waals surface area contributed by atoms with E-state index in [0.717, 1.165) is 22.0 Å². The summed E-state index contributed by atoms with van der Waals surface area (Å²) in [7, 11) is 0. The van der Waals surface area contributed by atoms with Crippen LogP contribution in [0.2, 0.25) is 5.02 Å². The van der Waals surface area contributed by atoms with Crippen LogP contribution in [0, 0.1) is 0 Å². The van der Waals surface area contributed by atoms with E-state index in [1.54, 1.807) is 17.6 Å². The van der Waals surface area contributed by atoms with Crippen molar-refractivity contribution in [3.05, 3.63) is 64.3 Å². The van der Waals surface area contributed by atoms with E-state index in [2.05, 4.69) is 10.3 Å². The van der Waals surface area contributed by atoms with Crippen LogP contribution in [-0.4, -0.2) is 16.6 Å². The summed E-state index contributed by atoms with van der Waals surface area (Å²) in [6, 6.07) is 11.2. The van der Waals surface area contributed by atoms with E-state index in [4.69, 9.17) is 16.0 Å². The third-order valence-corrected chi connectivity index (χ3v) is 5.73. The van der Waals surface area contributed by atoms with Gasteiger partial charge in [0.2, 0.25) is 5.91 Å². The highest BCUT2D eigenvalue weighted by Crippen LogP contribution is 2.26. The Morgan fingerprint density at radius 2 is 2.20 bits per heavy atom. The molecule has 0 bridgehead atoms. The maximum absolute atomic E-state index is 12.1. The number of aromatic nitrogens is 1. The highest BCUT2D eigenvalue weighted by molar-refractivity contribution is 7.99. The maximum Gasteiger partial charge on any atom is 0.230 e. The number of hydrogen-bond acceptors (Lipinski definition) is 5. The van der Waals surface area contributed by atoms with Gasteiger partial charge in [-0.1, -0.05) is 29.8 Å². The van der Waals surface area contributed by atoms with Gasteiger partial charge < -0.3 is 9.73 Å². The minimum absolute atomic E-state index is 0.0149. The number of benzene rings is 1. The van der Waals surface area contributed by atoms with Crippen molar-refractivity contribution < 1.29 is 9.21 Å². The first-order valence-electron chi connectivity index (χ1n) is 7.73. The number of rotatable bonds is 7. The van der Waals surface area contributed by atoms with E-state index in [1.165, 1.54) is 11.8 Å². The molecule has 0 radical (unpaired) electrons. The van der Waals surface area contributed by atoms with E-state index in [-0.39, 0.29) is 11.9 Å². The summed E-state index contributed by atoms with van der Waals surface area (Å²) >= 11 is 9.24. The standard InChI is InChI=1S/C18H17ClN2O2S2/c1-12(14-5-2-3-6-15(14)19)20-17(22)11-24-9-13-10-25-18(21-13)16-7-4-8-23-16/h2-8,10,12H,9,11H2,1H3,(H,20,22). The molecule has 1 aromatic carbocycles. The van der Waals surface area contributed by atoms with Crippen molar-refractivity contribution >= 4 is 40.6 Å². The Hall–Kier alpha value is -1.76. The number of hydrogen-bond donors (Lipinski definition) is 1. The van der Waals surface area contributed by atoms with Crippen LogP contribution in [-0.2, 0) is 10.5 Å². The van der Waals surface area contributed by atoms with E-state index in [0.29, 0.717) is 16.5 Å². The second-order valence-corrected chi connectivity index (χ2v) is 7.68. The van der Waals surface area contributed by atoms with Crippen LogP contribution in [0.25, 0.3) is 10.8 Å². The zero-order chi connectivity index (χ0) is 17.6. The van der Waals surface area contributed by atoms with Crippen molar-refractivity contribution in [1.82, 2.24) is 10.3 Å². The number of amides is 1. The molecular weight excluding hydrogens is 376 g/mol. The first-order chi connectivity index (χ1) is 12.1. The third kappa shape index (κ3) is 4.87. The fraction of sp³-hybridized carbons (Fsp3) is 0.222. The molecule has 1 atom stereocenters. The normalized spacial score (nSPS) is 12.1. The van der Waals surface area contributed by atoms with Crippen LogP contribution >= 0.6 is 34.7 Å². The van der Waals surface area contributed by atoms with E-state index < -0.39 is 0 Å². The molecule has 0 spiro atoms. The molecule has 1 N–H and O–H groups in total. The molecule has 1 amide bonds. The zero-order valence-electron chi connectivity index (χ0n) is 13.6. The fourth-order valence-electron chi connectivity index (χ4n) is 2.32. The van der Waals surface area contributed by atoms with Crippen molar-refractivity contribution in [3.8, 4) is 10.8 Å².